The number of benzene rings is 2. The van der Waals surface area contributed by atoms with E-state index in [2.05, 4.69) is 20.8 Å². The minimum atomic E-state index is -3.21. The Morgan fingerprint density at radius 2 is 1.79 bits per heavy atom. The summed E-state index contributed by atoms with van der Waals surface area (Å²) in [6.45, 7) is 8.50. The van der Waals surface area contributed by atoms with Crippen LogP contribution in [0, 0.1) is 6.92 Å². The van der Waals surface area contributed by atoms with Crippen molar-refractivity contribution in [3.63, 3.8) is 0 Å². The lowest BCUT2D eigenvalue weighted by Gasteiger charge is -2.28. The highest BCUT2D eigenvalue weighted by Gasteiger charge is 2.36. The van der Waals surface area contributed by atoms with Crippen molar-refractivity contribution in [1.29, 1.82) is 0 Å². The molecule has 6 nitrogen and oxygen atoms in total. The van der Waals surface area contributed by atoms with Crippen molar-refractivity contribution in [2.45, 2.75) is 52.1 Å². The summed E-state index contributed by atoms with van der Waals surface area (Å²) in [4.78, 5) is 27.7. The zero-order valence-electron chi connectivity index (χ0n) is 19.4. The fourth-order valence-electron chi connectivity index (χ4n) is 4.21. The van der Waals surface area contributed by atoms with Gasteiger partial charge in [0.1, 0.15) is 5.58 Å². The molecule has 0 bridgehead atoms. The van der Waals surface area contributed by atoms with E-state index in [1.165, 1.54) is 16.5 Å². The van der Waals surface area contributed by atoms with E-state index >= 15 is 0 Å². The summed E-state index contributed by atoms with van der Waals surface area (Å²) in [7, 11) is -3.21. The van der Waals surface area contributed by atoms with Gasteiger partial charge in [0.15, 0.2) is 21.0 Å². The Morgan fingerprint density at radius 1 is 1.09 bits per heavy atom. The van der Waals surface area contributed by atoms with Crippen LogP contribution in [0.4, 0.5) is 0 Å². The highest BCUT2D eigenvalue weighted by Crippen LogP contribution is 2.26. The molecule has 2 heterocycles. The van der Waals surface area contributed by atoms with Crippen LogP contribution < -0.4 is 5.43 Å². The molecular formula is C26H29NO5S. The Labute approximate surface area is 194 Å². The summed E-state index contributed by atoms with van der Waals surface area (Å²) < 4.78 is 30.1. The minimum absolute atomic E-state index is 0.000420. The molecule has 1 amide bonds. The third-order valence-corrected chi connectivity index (χ3v) is 7.93. The van der Waals surface area contributed by atoms with Crippen molar-refractivity contribution in [3.8, 4) is 0 Å². The fraction of sp³-hybridized carbons (Fsp3) is 0.385. The van der Waals surface area contributed by atoms with Crippen LogP contribution in [-0.4, -0.2) is 36.8 Å². The molecule has 0 aliphatic carbocycles. The molecule has 1 aliphatic heterocycles. The van der Waals surface area contributed by atoms with Crippen LogP contribution in [0.15, 0.2) is 57.7 Å². The average Bonchev–Trinajstić information content (AvgIpc) is 3.11. The largest absolute Gasteiger partial charge is 0.451 e. The van der Waals surface area contributed by atoms with Crippen molar-refractivity contribution >= 4 is 26.7 Å². The van der Waals surface area contributed by atoms with Gasteiger partial charge in [0, 0.05) is 18.7 Å². The van der Waals surface area contributed by atoms with Gasteiger partial charge in [-0.25, -0.2) is 8.42 Å². The van der Waals surface area contributed by atoms with Gasteiger partial charge in [-0.1, -0.05) is 56.7 Å². The molecular weight excluding hydrogens is 438 g/mol. The summed E-state index contributed by atoms with van der Waals surface area (Å²) in [6.07, 6.45) is 0.366. The van der Waals surface area contributed by atoms with Crippen LogP contribution >= 0.6 is 0 Å². The maximum Gasteiger partial charge on any atom is 0.290 e. The number of rotatable bonds is 4. The van der Waals surface area contributed by atoms with Crippen LogP contribution in [0.5, 0.6) is 0 Å². The molecule has 1 saturated heterocycles. The Kier molecular flexibility index (Phi) is 5.95. The monoisotopic (exact) mass is 467 g/mol. The molecule has 174 valence electrons. The maximum absolute atomic E-state index is 13.5. The van der Waals surface area contributed by atoms with Gasteiger partial charge in [-0.2, -0.15) is 0 Å². The molecule has 7 heteroatoms. The van der Waals surface area contributed by atoms with Crippen LogP contribution in [0.1, 0.15) is 54.4 Å². The standard InChI is InChI=1S/C26H29NO5S/c1-17-5-10-23-21(13-17)22(28)14-24(32-23)25(29)27(20-11-12-33(30,31)16-20)15-18-6-8-19(9-7-18)26(2,3)4/h5-10,13-14,20H,11-12,15-16H2,1-4H3/t20-/m0/s1. The Bertz CT molecular complexity index is 1360. The quantitative estimate of drug-likeness (QED) is 0.573. The zero-order chi connectivity index (χ0) is 24.0. The molecule has 33 heavy (non-hydrogen) atoms. The lowest BCUT2D eigenvalue weighted by atomic mass is 9.86. The van der Waals surface area contributed by atoms with E-state index in [4.69, 9.17) is 4.42 Å². The summed E-state index contributed by atoms with van der Waals surface area (Å²) in [5.41, 5.74) is 3.02. The molecule has 0 N–H and O–H groups in total. The first-order valence-corrected chi connectivity index (χ1v) is 12.9. The number of hydrogen-bond acceptors (Lipinski definition) is 5. The van der Waals surface area contributed by atoms with Crippen LogP contribution in [0.3, 0.4) is 0 Å². The molecule has 1 atom stereocenters. The average molecular weight is 468 g/mol. The topological polar surface area (TPSA) is 84.7 Å². The SMILES string of the molecule is Cc1ccc2oc(C(=O)N(Cc3ccc(C(C)(C)C)cc3)[C@H]3CCS(=O)(=O)C3)cc(=O)c2c1. The van der Waals surface area contributed by atoms with E-state index in [0.717, 1.165) is 11.1 Å². The highest BCUT2D eigenvalue weighted by molar-refractivity contribution is 7.91. The second kappa shape index (κ2) is 8.45. The number of carbonyl (C=O) groups excluding carboxylic acids is 1. The van der Waals surface area contributed by atoms with Gasteiger partial charge in [0.25, 0.3) is 5.91 Å². The van der Waals surface area contributed by atoms with Crippen molar-refractivity contribution in [2.24, 2.45) is 0 Å². The number of aryl methyl sites for hydroxylation is 1. The van der Waals surface area contributed by atoms with E-state index in [0.29, 0.717) is 17.4 Å². The normalized spacial score (nSPS) is 17.9. The predicted octanol–water partition coefficient (Wildman–Crippen LogP) is 4.23. The molecule has 1 fully saturated rings. The van der Waals surface area contributed by atoms with Crippen LogP contribution in [0.2, 0.25) is 0 Å². The number of hydrogen-bond donors (Lipinski definition) is 0. The second-order valence-electron chi connectivity index (χ2n) is 9.91. The minimum Gasteiger partial charge on any atom is -0.451 e. The summed E-state index contributed by atoms with van der Waals surface area (Å²) in [5.74, 6) is -0.593. The molecule has 0 spiro atoms. The first-order chi connectivity index (χ1) is 15.4. The fourth-order valence-corrected chi connectivity index (χ4v) is 5.94. The van der Waals surface area contributed by atoms with Crippen LogP contribution in [-0.2, 0) is 21.8 Å². The van der Waals surface area contributed by atoms with Gasteiger partial charge in [0.05, 0.1) is 16.9 Å². The molecule has 0 radical (unpaired) electrons. The van der Waals surface area contributed by atoms with E-state index in [-0.39, 0.29) is 34.7 Å². The summed E-state index contributed by atoms with van der Waals surface area (Å²) >= 11 is 0. The lowest BCUT2D eigenvalue weighted by Crippen LogP contribution is -2.41. The van der Waals surface area contributed by atoms with Crippen molar-refractivity contribution in [1.82, 2.24) is 4.90 Å². The number of nitrogens with zero attached hydrogens (tertiary/aromatic N) is 1. The third-order valence-electron chi connectivity index (χ3n) is 6.18. The van der Waals surface area contributed by atoms with Gasteiger partial charge in [-0.15, -0.1) is 0 Å². The number of sulfone groups is 1. The molecule has 0 unspecified atom stereocenters. The van der Waals surface area contributed by atoms with Crippen molar-refractivity contribution in [3.05, 3.63) is 81.2 Å². The van der Waals surface area contributed by atoms with Gasteiger partial charge in [0.2, 0.25) is 0 Å². The van der Waals surface area contributed by atoms with Crippen LogP contribution in [0.25, 0.3) is 11.0 Å². The second-order valence-corrected chi connectivity index (χ2v) is 12.1. The summed E-state index contributed by atoms with van der Waals surface area (Å²) in [6, 6.07) is 14.0. The molecule has 1 aliphatic rings. The van der Waals surface area contributed by atoms with Gasteiger partial charge >= 0.3 is 0 Å². The molecule has 3 aromatic rings. The lowest BCUT2D eigenvalue weighted by molar-refractivity contribution is 0.0648. The van der Waals surface area contributed by atoms with Crippen molar-refractivity contribution in [2.75, 3.05) is 11.5 Å². The van der Waals surface area contributed by atoms with Gasteiger partial charge in [-0.3, -0.25) is 9.59 Å². The number of amides is 1. The summed E-state index contributed by atoms with van der Waals surface area (Å²) in [5, 5.41) is 0.416. The first-order valence-electron chi connectivity index (χ1n) is 11.1. The Morgan fingerprint density at radius 3 is 2.39 bits per heavy atom. The van der Waals surface area contributed by atoms with Gasteiger partial charge < -0.3 is 9.32 Å². The van der Waals surface area contributed by atoms with E-state index < -0.39 is 21.8 Å². The number of fused-ring (bicyclic) bond motifs is 1. The smallest absolute Gasteiger partial charge is 0.290 e. The first kappa shape index (κ1) is 23.2. The maximum atomic E-state index is 13.5. The molecule has 1 aromatic heterocycles. The highest BCUT2D eigenvalue weighted by atomic mass is 32.2. The van der Waals surface area contributed by atoms with E-state index in [1.807, 2.05) is 37.3 Å². The Balaban J connectivity index is 1.70. The Hall–Kier alpha value is -2.93. The molecule has 2 aromatic carbocycles. The predicted molar refractivity (Wildman–Crippen MR) is 129 cm³/mol. The molecule has 0 saturated carbocycles. The van der Waals surface area contributed by atoms with Gasteiger partial charge in [-0.05, 0) is 42.0 Å². The number of carbonyl (C=O) groups is 1. The van der Waals surface area contributed by atoms with E-state index in [1.54, 1.807) is 12.1 Å². The third kappa shape index (κ3) is 5.03. The van der Waals surface area contributed by atoms with E-state index in [9.17, 15) is 18.0 Å². The van der Waals surface area contributed by atoms with Crippen molar-refractivity contribution < 1.29 is 17.6 Å². The zero-order valence-corrected chi connectivity index (χ0v) is 20.2. The molecule has 4 rings (SSSR count).